The molecule has 1 N–H and O–H groups in total. The smallest absolute Gasteiger partial charge is 0.414 e. The molecule has 3 aromatic rings. The summed E-state index contributed by atoms with van der Waals surface area (Å²) in [5, 5.41) is 11.9. The predicted molar refractivity (Wildman–Crippen MR) is 110 cm³/mol. The lowest BCUT2D eigenvalue weighted by molar-refractivity contribution is -0.144. The molecule has 0 bridgehead atoms. The summed E-state index contributed by atoms with van der Waals surface area (Å²) in [4.78, 5) is 16.0. The Morgan fingerprint density at radius 1 is 1.10 bits per heavy atom. The maximum atomic E-state index is 12.9. The Morgan fingerprint density at radius 3 is 2.48 bits per heavy atom. The first-order chi connectivity index (χ1) is 14.4. The summed E-state index contributed by atoms with van der Waals surface area (Å²) in [6.07, 6.45) is 0.0489. The highest BCUT2D eigenvalue weighted by molar-refractivity contribution is 7.98. The molecule has 0 unspecified atom stereocenters. The monoisotopic (exact) mass is 473 g/mol. The van der Waals surface area contributed by atoms with E-state index >= 15 is 0 Å². The van der Waals surface area contributed by atoms with Crippen LogP contribution in [-0.4, -0.2) is 49.5 Å². The second-order valence-corrected chi connectivity index (χ2v) is 7.53. The van der Waals surface area contributed by atoms with Crippen LogP contribution in [-0.2, 0) is 6.18 Å². The van der Waals surface area contributed by atoms with E-state index in [0.717, 1.165) is 37.8 Å². The second kappa shape index (κ2) is 9.45. The van der Waals surface area contributed by atoms with Crippen molar-refractivity contribution in [2.24, 2.45) is 0 Å². The van der Waals surface area contributed by atoms with Crippen molar-refractivity contribution in [1.82, 2.24) is 35.5 Å². The number of thioether (sulfide) groups is 1. The van der Waals surface area contributed by atoms with Gasteiger partial charge in [0.25, 0.3) is 11.8 Å². The first kappa shape index (κ1) is 23.4. The van der Waals surface area contributed by atoms with E-state index < -0.39 is 12.0 Å². The lowest BCUT2D eigenvalue weighted by Gasteiger charge is -2.24. The van der Waals surface area contributed by atoms with Crippen LogP contribution in [0.3, 0.4) is 0 Å². The molecule has 1 aliphatic rings. The van der Waals surface area contributed by atoms with Gasteiger partial charge in [0.1, 0.15) is 5.69 Å². The Bertz CT molecular complexity index is 1060. The van der Waals surface area contributed by atoms with Gasteiger partial charge in [-0.05, 0) is 45.2 Å². The number of nitrogens with one attached hydrogen (secondary N) is 1. The van der Waals surface area contributed by atoms with Gasteiger partial charge >= 0.3 is 6.18 Å². The molecule has 4 heterocycles. The summed E-state index contributed by atoms with van der Waals surface area (Å²) in [5.41, 5.74) is 2.03. The van der Waals surface area contributed by atoms with Gasteiger partial charge in [0.05, 0.1) is 17.0 Å². The maximum Gasteiger partial charge on any atom is 0.451 e. The average Bonchev–Trinajstić information content (AvgIpc) is 3.23. The highest BCUT2D eigenvalue weighted by Crippen LogP contribution is 2.36. The molecule has 31 heavy (non-hydrogen) atoms. The van der Waals surface area contributed by atoms with E-state index in [9.17, 15) is 13.2 Å². The van der Waals surface area contributed by atoms with E-state index in [0.29, 0.717) is 16.4 Å². The van der Waals surface area contributed by atoms with Crippen molar-refractivity contribution in [3.8, 4) is 23.0 Å². The third-order valence-corrected chi connectivity index (χ3v) is 5.32. The standard InChI is InChI=1S/C18H18F3N7OS.ClH/c1-9-12(13(26-17(24-9)30-2)10-3-6-22-7-4-10)15-28-27-14(29-15)11-5-8-23-16(25-11)18(19,20)21;/h5,8,10,22H,3-4,6-7H2,1-2H3;1H. The van der Waals surface area contributed by atoms with Crippen LogP contribution < -0.4 is 5.32 Å². The number of rotatable bonds is 4. The van der Waals surface area contributed by atoms with Crippen molar-refractivity contribution in [2.45, 2.75) is 37.0 Å². The van der Waals surface area contributed by atoms with E-state index in [1.165, 1.54) is 17.8 Å². The number of piperidine rings is 1. The minimum atomic E-state index is -4.67. The topological polar surface area (TPSA) is 103 Å². The number of aryl methyl sites for hydroxylation is 1. The molecule has 3 aromatic heterocycles. The Hall–Kier alpha value is -2.31. The predicted octanol–water partition coefficient (Wildman–Crippen LogP) is 3.92. The van der Waals surface area contributed by atoms with Gasteiger partial charge in [0.15, 0.2) is 5.16 Å². The SMILES string of the molecule is CSc1nc(C)c(-c2nnc(-c3ccnc(C(F)(F)F)n3)o2)c(C2CCNCC2)n1.Cl. The van der Waals surface area contributed by atoms with Gasteiger partial charge in [0, 0.05) is 12.1 Å². The van der Waals surface area contributed by atoms with Crippen LogP contribution in [0.5, 0.6) is 0 Å². The van der Waals surface area contributed by atoms with Crippen LogP contribution >= 0.6 is 24.2 Å². The van der Waals surface area contributed by atoms with Crippen molar-refractivity contribution in [1.29, 1.82) is 0 Å². The Kier molecular flexibility index (Phi) is 7.12. The highest BCUT2D eigenvalue weighted by Gasteiger charge is 2.35. The summed E-state index contributed by atoms with van der Waals surface area (Å²) in [6.45, 7) is 3.58. The third-order valence-electron chi connectivity index (χ3n) is 4.77. The normalized spacial score (nSPS) is 15.0. The zero-order valence-electron chi connectivity index (χ0n) is 16.6. The molecule has 1 fully saturated rings. The zero-order valence-corrected chi connectivity index (χ0v) is 18.2. The van der Waals surface area contributed by atoms with Crippen molar-refractivity contribution >= 4 is 24.2 Å². The largest absolute Gasteiger partial charge is 0.451 e. The van der Waals surface area contributed by atoms with Crippen molar-refractivity contribution in [3.63, 3.8) is 0 Å². The van der Waals surface area contributed by atoms with Crippen LogP contribution in [0.25, 0.3) is 23.0 Å². The number of hydrogen-bond donors (Lipinski definition) is 1. The molecule has 0 aliphatic carbocycles. The number of nitrogens with zero attached hydrogens (tertiary/aromatic N) is 6. The Labute approximate surface area is 186 Å². The molecular formula is C18H19ClF3N7OS. The molecule has 0 aromatic carbocycles. The molecule has 1 aliphatic heterocycles. The van der Waals surface area contributed by atoms with Gasteiger partial charge in [-0.25, -0.2) is 19.9 Å². The molecular weight excluding hydrogens is 455 g/mol. The van der Waals surface area contributed by atoms with E-state index in [1.807, 2.05) is 13.2 Å². The molecule has 0 atom stereocenters. The molecule has 0 spiro atoms. The van der Waals surface area contributed by atoms with Crippen molar-refractivity contribution in [2.75, 3.05) is 19.3 Å². The highest BCUT2D eigenvalue weighted by atomic mass is 35.5. The second-order valence-electron chi connectivity index (χ2n) is 6.76. The summed E-state index contributed by atoms with van der Waals surface area (Å²) in [5.74, 6) is -1.03. The zero-order chi connectivity index (χ0) is 21.3. The summed E-state index contributed by atoms with van der Waals surface area (Å²) in [7, 11) is 0. The fourth-order valence-corrected chi connectivity index (χ4v) is 3.78. The first-order valence-corrected chi connectivity index (χ1v) is 10.5. The van der Waals surface area contributed by atoms with Crippen LogP contribution in [0.4, 0.5) is 13.2 Å². The molecule has 0 saturated carbocycles. The van der Waals surface area contributed by atoms with E-state index in [2.05, 4.69) is 30.5 Å². The third kappa shape index (κ3) is 4.96. The molecule has 166 valence electrons. The molecule has 0 radical (unpaired) electrons. The number of hydrogen-bond acceptors (Lipinski definition) is 9. The fourth-order valence-electron chi connectivity index (χ4n) is 3.36. The summed E-state index contributed by atoms with van der Waals surface area (Å²) in [6, 6.07) is 1.29. The van der Waals surface area contributed by atoms with Crippen LogP contribution in [0.2, 0.25) is 0 Å². The van der Waals surface area contributed by atoms with Crippen molar-refractivity contribution in [3.05, 3.63) is 29.5 Å². The van der Waals surface area contributed by atoms with Gasteiger partial charge in [-0.15, -0.1) is 22.6 Å². The summed E-state index contributed by atoms with van der Waals surface area (Å²) >= 11 is 1.44. The van der Waals surface area contributed by atoms with Gasteiger partial charge in [-0.2, -0.15) is 13.2 Å². The summed E-state index contributed by atoms with van der Waals surface area (Å²) < 4.78 is 44.5. The van der Waals surface area contributed by atoms with Gasteiger partial charge < -0.3 is 9.73 Å². The first-order valence-electron chi connectivity index (χ1n) is 9.24. The average molecular weight is 474 g/mol. The Morgan fingerprint density at radius 2 is 1.81 bits per heavy atom. The molecule has 13 heteroatoms. The Balaban J connectivity index is 0.00000272. The van der Waals surface area contributed by atoms with Crippen molar-refractivity contribution < 1.29 is 17.6 Å². The van der Waals surface area contributed by atoms with Crippen LogP contribution in [0.15, 0.2) is 21.8 Å². The minimum absolute atomic E-state index is 0. The van der Waals surface area contributed by atoms with Gasteiger partial charge in [-0.1, -0.05) is 11.8 Å². The van der Waals surface area contributed by atoms with E-state index in [1.54, 1.807) is 0 Å². The lowest BCUT2D eigenvalue weighted by atomic mass is 9.91. The molecule has 0 amide bonds. The number of aromatic nitrogens is 6. The molecule has 8 nitrogen and oxygen atoms in total. The fraction of sp³-hybridized carbons (Fsp3) is 0.444. The molecule has 1 saturated heterocycles. The molecule has 4 rings (SSSR count). The van der Waals surface area contributed by atoms with Gasteiger partial charge in [0.2, 0.25) is 5.82 Å². The van der Waals surface area contributed by atoms with E-state index in [4.69, 9.17) is 9.40 Å². The number of halogens is 4. The minimum Gasteiger partial charge on any atom is -0.414 e. The quantitative estimate of drug-likeness (QED) is 0.446. The van der Waals surface area contributed by atoms with Crippen LogP contribution in [0, 0.1) is 6.92 Å². The lowest BCUT2D eigenvalue weighted by Crippen LogP contribution is -2.27. The van der Waals surface area contributed by atoms with Gasteiger partial charge in [-0.3, -0.25) is 0 Å². The van der Waals surface area contributed by atoms with E-state index in [-0.39, 0.29) is 35.8 Å². The van der Waals surface area contributed by atoms with Crippen LogP contribution in [0.1, 0.15) is 36.0 Å². The maximum absolute atomic E-state index is 12.9. The number of alkyl halides is 3.